The van der Waals surface area contributed by atoms with Gasteiger partial charge in [0, 0.05) is 20.3 Å². The van der Waals surface area contributed by atoms with E-state index in [1.807, 2.05) is 17.8 Å². The van der Waals surface area contributed by atoms with E-state index < -0.39 is 0 Å². The van der Waals surface area contributed by atoms with Crippen LogP contribution in [0.25, 0.3) is 0 Å². The fourth-order valence-electron chi connectivity index (χ4n) is 1.74. The van der Waals surface area contributed by atoms with E-state index in [-0.39, 0.29) is 6.04 Å². The Kier molecular flexibility index (Phi) is 5.96. The van der Waals surface area contributed by atoms with Crippen molar-refractivity contribution in [3.8, 4) is 0 Å². The van der Waals surface area contributed by atoms with E-state index in [0.29, 0.717) is 5.25 Å². The zero-order valence-electron chi connectivity index (χ0n) is 10.5. The molecule has 0 radical (unpaired) electrons. The minimum Gasteiger partial charge on any atom is -0.326 e. The number of hydrogen-bond acceptors (Lipinski definition) is 3. The smallest absolute Gasteiger partial charge is 0.0701 e. The summed E-state index contributed by atoms with van der Waals surface area (Å²) in [5.74, 6) is 0. The van der Waals surface area contributed by atoms with Crippen molar-refractivity contribution in [3.63, 3.8) is 0 Å². The summed E-state index contributed by atoms with van der Waals surface area (Å²) in [4.78, 5) is 2.57. The highest BCUT2D eigenvalue weighted by atomic mass is 79.9. The van der Waals surface area contributed by atoms with Crippen molar-refractivity contribution >= 4 is 55.0 Å². The molecule has 0 fully saturated rings. The highest BCUT2D eigenvalue weighted by Crippen LogP contribution is 2.42. The molecule has 2 aromatic rings. The number of rotatable bonds is 5. The summed E-state index contributed by atoms with van der Waals surface area (Å²) in [7, 11) is 0. The summed E-state index contributed by atoms with van der Waals surface area (Å²) < 4.78 is 2.26. The second-order valence-corrected chi connectivity index (χ2v) is 8.84. The molecule has 2 unspecified atom stereocenters. The van der Waals surface area contributed by atoms with Crippen molar-refractivity contribution in [3.05, 3.63) is 49.5 Å². The molecule has 0 aliphatic heterocycles. The van der Waals surface area contributed by atoms with Crippen molar-refractivity contribution < 1.29 is 0 Å². The third-order valence-electron chi connectivity index (χ3n) is 2.79. The zero-order valence-corrected chi connectivity index (χ0v) is 15.3. The van der Waals surface area contributed by atoms with Crippen LogP contribution in [0.3, 0.4) is 0 Å². The van der Waals surface area contributed by atoms with Crippen LogP contribution in [0.5, 0.6) is 0 Å². The molecule has 0 spiro atoms. The van der Waals surface area contributed by atoms with Crippen LogP contribution >= 0.6 is 55.0 Å². The molecule has 2 atom stereocenters. The Morgan fingerprint density at radius 1 is 1.26 bits per heavy atom. The maximum Gasteiger partial charge on any atom is 0.0701 e. The van der Waals surface area contributed by atoms with Crippen molar-refractivity contribution in [1.82, 2.24) is 0 Å². The van der Waals surface area contributed by atoms with Crippen LogP contribution in [0.15, 0.2) is 49.6 Å². The Balaban J connectivity index is 2.24. The lowest BCUT2D eigenvalue weighted by molar-refractivity contribution is 0.640. The van der Waals surface area contributed by atoms with Gasteiger partial charge in [-0.1, -0.05) is 28.9 Å². The van der Waals surface area contributed by atoms with Crippen LogP contribution in [0.4, 0.5) is 0 Å². The minimum absolute atomic E-state index is 0.162. The molecule has 0 aliphatic rings. The molecule has 0 saturated heterocycles. The minimum atomic E-state index is 0.162. The van der Waals surface area contributed by atoms with Crippen LogP contribution in [-0.4, -0.2) is 6.04 Å². The van der Waals surface area contributed by atoms with Gasteiger partial charge < -0.3 is 5.73 Å². The normalized spacial score (nSPS) is 14.3. The van der Waals surface area contributed by atoms with Gasteiger partial charge in [-0.15, -0.1) is 23.1 Å². The van der Waals surface area contributed by atoms with Gasteiger partial charge in [-0.25, -0.2) is 0 Å². The van der Waals surface area contributed by atoms with E-state index in [1.165, 1.54) is 9.77 Å². The van der Waals surface area contributed by atoms with Gasteiger partial charge in [0.15, 0.2) is 0 Å². The van der Waals surface area contributed by atoms with Crippen LogP contribution < -0.4 is 5.73 Å². The van der Waals surface area contributed by atoms with E-state index in [0.717, 1.165) is 14.7 Å². The molecule has 1 aromatic heterocycles. The van der Waals surface area contributed by atoms with Gasteiger partial charge in [0.05, 0.1) is 9.04 Å². The third-order valence-corrected chi connectivity index (χ3v) is 6.53. The van der Waals surface area contributed by atoms with Crippen molar-refractivity contribution in [2.45, 2.75) is 29.5 Å². The Labute approximate surface area is 139 Å². The monoisotopic (exact) mass is 419 g/mol. The summed E-state index contributed by atoms with van der Waals surface area (Å²) >= 11 is 10.7. The largest absolute Gasteiger partial charge is 0.326 e. The topological polar surface area (TPSA) is 26.0 Å². The molecule has 102 valence electrons. The molecule has 2 rings (SSSR count). The van der Waals surface area contributed by atoms with E-state index >= 15 is 0 Å². The van der Waals surface area contributed by atoms with Crippen molar-refractivity contribution in [2.75, 3.05) is 0 Å². The van der Waals surface area contributed by atoms with Crippen LogP contribution in [0, 0.1) is 0 Å². The summed E-state index contributed by atoms with van der Waals surface area (Å²) in [5.41, 5.74) is 6.30. The van der Waals surface area contributed by atoms with Crippen molar-refractivity contribution in [1.29, 1.82) is 0 Å². The third kappa shape index (κ3) is 4.33. The number of thioether (sulfide) groups is 1. The first-order valence-corrected chi connectivity index (χ1v) is 9.31. The van der Waals surface area contributed by atoms with Crippen molar-refractivity contribution in [2.24, 2.45) is 5.73 Å². The van der Waals surface area contributed by atoms with Gasteiger partial charge in [0.2, 0.25) is 0 Å². The van der Waals surface area contributed by atoms with Gasteiger partial charge in [0.1, 0.15) is 0 Å². The Morgan fingerprint density at radius 2 is 2.05 bits per heavy atom. The first-order chi connectivity index (χ1) is 9.10. The van der Waals surface area contributed by atoms with E-state index in [9.17, 15) is 0 Å². The maximum atomic E-state index is 6.30. The van der Waals surface area contributed by atoms with Crippen LogP contribution in [0.1, 0.15) is 23.5 Å². The highest BCUT2D eigenvalue weighted by molar-refractivity contribution is 9.11. The fourth-order valence-corrected chi connectivity index (χ4v) is 5.27. The van der Waals surface area contributed by atoms with E-state index in [4.69, 9.17) is 5.73 Å². The van der Waals surface area contributed by atoms with Gasteiger partial charge >= 0.3 is 0 Å². The maximum absolute atomic E-state index is 6.30. The molecular weight excluding hydrogens is 406 g/mol. The molecule has 1 heterocycles. The Hall–Kier alpha value is 0.190. The molecule has 5 heteroatoms. The summed E-state index contributed by atoms with van der Waals surface area (Å²) in [6.07, 6.45) is 0.973. The SMILES string of the molecule is CCC(N)C(Sc1cccc(Br)c1)c1ccc(Br)s1. The summed E-state index contributed by atoms with van der Waals surface area (Å²) in [5, 5.41) is 0.301. The number of thiophene rings is 1. The first kappa shape index (κ1) is 15.6. The highest BCUT2D eigenvalue weighted by Gasteiger charge is 2.21. The average molecular weight is 421 g/mol. The molecule has 0 amide bonds. The molecule has 2 N–H and O–H groups in total. The summed E-state index contributed by atoms with van der Waals surface area (Å²) in [6, 6.07) is 12.8. The van der Waals surface area contributed by atoms with Gasteiger partial charge in [0.25, 0.3) is 0 Å². The second kappa shape index (κ2) is 7.27. The lowest BCUT2D eigenvalue weighted by atomic mass is 10.1. The Morgan fingerprint density at radius 3 is 2.63 bits per heavy atom. The predicted octanol–water partition coefficient (Wildman–Crippen LogP) is 5.84. The lowest BCUT2D eigenvalue weighted by Gasteiger charge is -2.21. The van der Waals surface area contributed by atoms with Crippen LogP contribution in [0.2, 0.25) is 0 Å². The Bertz CT molecular complexity index is 542. The zero-order chi connectivity index (χ0) is 13.8. The van der Waals surface area contributed by atoms with E-state index in [2.05, 4.69) is 69.1 Å². The average Bonchev–Trinajstić information content (AvgIpc) is 2.81. The number of benzene rings is 1. The summed E-state index contributed by atoms with van der Waals surface area (Å²) in [6.45, 7) is 2.14. The quantitative estimate of drug-likeness (QED) is 0.614. The van der Waals surface area contributed by atoms with Gasteiger partial charge in [-0.05, 0) is 52.7 Å². The fraction of sp³-hybridized carbons (Fsp3) is 0.286. The molecule has 0 bridgehead atoms. The second-order valence-electron chi connectivity index (χ2n) is 4.21. The van der Waals surface area contributed by atoms with Crippen LogP contribution in [-0.2, 0) is 0 Å². The van der Waals surface area contributed by atoms with Gasteiger partial charge in [-0.2, -0.15) is 0 Å². The number of halogens is 2. The van der Waals surface area contributed by atoms with E-state index in [1.54, 1.807) is 11.3 Å². The molecule has 0 saturated carbocycles. The molecule has 1 nitrogen and oxygen atoms in total. The molecule has 0 aliphatic carbocycles. The first-order valence-electron chi connectivity index (χ1n) is 6.03. The lowest BCUT2D eigenvalue weighted by Crippen LogP contribution is -2.25. The standard InChI is InChI=1S/C14H15Br2NS2/c1-2-11(17)14(12-6-7-13(16)19-12)18-10-5-3-4-9(15)8-10/h3-8,11,14H,2,17H2,1H3. The predicted molar refractivity (Wildman–Crippen MR) is 93.0 cm³/mol. The molecule has 19 heavy (non-hydrogen) atoms. The number of nitrogens with two attached hydrogens (primary N) is 1. The molecule has 1 aromatic carbocycles. The van der Waals surface area contributed by atoms with Gasteiger partial charge in [-0.3, -0.25) is 0 Å². The molecular formula is C14H15Br2NS2. The number of hydrogen-bond donors (Lipinski definition) is 1.